The fourth-order valence-corrected chi connectivity index (χ4v) is 3.54. The molecule has 1 atom stereocenters. The Labute approximate surface area is 155 Å². The SMILES string of the molecule is Cc1cccc(C)c1NC(=O)C(=O)NCC(c1cccs1)n1cccn1. The van der Waals surface area contributed by atoms with E-state index in [2.05, 4.69) is 15.7 Å². The Bertz CT molecular complexity index is 834. The molecule has 0 saturated carbocycles. The van der Waals surface area contributed by atoms with E-state index in [-0.39, 0.29) is 12.6 Å². The van der Waals surface area contributed by atoms with Crippen LogP contribution < -0.4 is 10.6 Å². The van der Waals surface area contributed by atoms with E-state index in [1.165, 1.54) is 0 Å². The van der Waals surface area contributed by atoms with Crippen LogP contribution in [0.3, 0.4) is 0 Å². The third-order valence-corrected chi connectivity index (χ3v) is 5.07. The van der Waals surface area contributed by atoms with E-state index in [9.17, 15) is 9.59 Å². The molecule has 6 nitrogen and oxygen atoms in total. The second-order valence-corrected chi connectivity index (χ2v) is 6.93. The van der Waals surface area contributed by atoms with Gasteiger partial charge in [0.1, 0.15) is 6.04 Å². The van der Waals surface area contributed by atoms with Gasteiger partial charge in [-0.3, -0.25) is 14.3 Å². The molecule has 0 aliphatic heterocycles. The minimum absolute atomic E-state index is 0.151. The van der Waals surface area contributed by atoms with Crippen molar-refractivity contribution >= 4 is 28.8 Å². The molecule has 0 aliphatic rings. The molecule has 134 valence electrons. The first-order valence-corrected chi connectivity index (χ1v) is 9.12. The Balaban J connectivity index is 1.66. The van der Waals surface area contributed by atoms with Crippen LogP contribution in [-0.2, 0) is 9.59 Å². The van der Waals surface area contributed by atoms with Crippen LogP contribution in [-0.4, -0.2) is 28.1 Å². The summed E-state index contributed by atoms with van der Waals surface area (Å²) in [7, 11) is 0. The second kappa shape index (κ2) is 7.97. The number of para-hydroxylation sites is 1. The maximum Gasteiger partial charge on any atom is 0.313 e. The molecule has 2 amide bonds. The summed E-state index contributed by atoms with van der Waals surface area (Å²) in [5.41, 5.74) is 2.51. The summed E-state index contributed by atoms with van der Waals surface area (Å²) in [5.74, 6) is -1.34. The summed E-state index contributed by atoms with van der Waals surface area (Å²) < 4.78 is 1.77. The van der Waals surface area contributed by atoms with E-state index in [0.717, 1.165) is 16.0 Å². The van der Waals surface area contributed by atoms with Gasteiger partial charge in [-0.25, -0.2) is 0 Å². The molecule has 0 bridgehead atoms. The van der Waals surface area contributed by atoms with Gasteiger partial charge in [-0.15, -0.1) is 11.3 Å². The van der Waals surface area contributed by atoms with Crippen molar-refractivity contribution in [3.8, 4) is 0 Å². The molecular formula is C19H20N4O2S. The standard InChI is InChI=1S/C19H20N4O2S/c1-13-6-3-7-14(2)17(13)22-19(25)18(24)20-12-15(16-8-4-11-26-16)23-10-5-9-21-23/h3-11,15H,12H2,1-2H3,(H,20,24)(H,22,25). The summed E-state index contributed by atoms with van der Waals surface area (Å²) >= 11 is 1.58. The predicted molar refractivity (Wildman–Crippen MR) is 102 cm³/mol. The van der Waals surface area contributed by atoms with E-state index in [0.29, 0.717) is 5.69 Å². The number of aromatic nitrogens is 2. The number of carbonyl (C=O) groups is 2. The first kappa shape index (κ1) is 17.9. The van der Waals surface area contributed by atoms with Crippen molar-refractivity contribution in [2.75, 3.05) is 11.9 Å². The van der Waals surface area contributed by atoms with Gasteiger partial charge >= 0.3 is 11.8 Å². The van der Waals surface area contributed by atoms with Crippen LogP contribution in [0.2, 0.25) is 0 Å². The number of amides is 2. The minimum Gasteiger partial charge on any atom is -0.345 e. The molecule has 1 aromatic carbocycles. The molecule has 0 fully saturated rings. The molecule has 2 aromatic heterocycles. The lowest BCUT2D eigenvalue weighted by Gasteiger charge is -2.17. The zero-order chi connectivity index (χ0) is 18.5. The summed E-state index contributed by atoms with van der Waals surface area (Å²) in [5, 5.41) is 11.6. The van der Waals surface area contributed by atoms with Crippen LogP contribution in [0.15, 0.2) is 54.2 Å². The number of nitrogens with zero attached hydrogens (tertiary/aromatic N) is 2. The van der Waals surface area contributed by atoms with Crippen LogP contribution in [0.4, 0.5) is 5.69 Å². The van der Waals surface area contributed by atoms with Crippen molar-refractivity contribution in [3.05, 3.63) is 70.2 Å². The van der Waals surface area contributed by atoms with Crippen LogP contribution >= 0.6 is 11.3 Å². The largest absolute Gasteiger partial charge is 0.345 e. The number of hydrogen-bond donors (Lipinski definition) is 2. The summed E-state index contributed by atoms with van der Waals surface area (Å²) in [6, 6.07) is 11.3. The van der Waals surface area contributed by atoms with Crippen molar-refractivity contribution in [1.82, 2.24) is 15.1 Å². The van der Waals surface area contributed by atoms with Gasteiger partial charge in [-0.2, -0.15) is 5.10 Å². The smallest absolute Gasteiger partial charge is 0.313 e. The molecule has 7 heteroatoms. The Morgan fingerprint density at radius 2 is 1.88 bits per heavy atom. The molecule has 0 saturated heterocycles. The van der Waals surface area contributed by atoms with Crippen LogP contribution in [0.25, 0.3) is 0 Å². The summed E-state index contributed by atoms with van der Waals surface area (Å²) in [6.45, 7) is 4.07. The van der Waals surface area contributed by atoms with Gasteiger partial charge in [0.15, 0.2) is 0 Å². The quantitative estimate of drug-likeness (QED) is 0.680. The predicted octanol–water partition coefficient (Wildman–Crippen LogP) is 2.91. The van der Waals surface area contributed by atoms with Crippen molar-refractivity contribution in [3.63, 3.8) is 0 Å². The third-order valence-electron chi connectivity index (χ3n) is 4.10. The topological polar surface area (TPSA) is 76.0 Å². The first-order chi connectivity index (χ1) is 12.6. The molecule has 3 rings (SSSR count). The number of carbonyl (C=O) groups excluding carboxylic acids is 2. The van der Waals surface area contributed by atoms with Gasteiger partial charge in [0.25, 0.3) is 0 Å². The van der Waals surface area contributed by atoms with Gasteiger partial charge in [0.2, 0.25) is 0 Å². The van der Waals surface area contributed by atoms with E-state index >= 15 is 0 Å². The molecule has 2 heterocycles. The zero-order valence-corrected chi connectivity index (χ0v) is 15.4. The highest BCUT2D eigenvalue weighted by atomic mass is 32.1. The minimum atomic E-state index is -0.673. The van der Waals surface area contributed by atoms with E-state index in [1.807, 2.05) is 61.8 Å². The lowest BCUT2D eigenvalue weighted by Crippen LogP contribution is -2.39. The normalized spacial score (nSPS) is 11.8. The van der Waals surface area contributed by atoms with Gasteiger partial charge in [-0.05, 0) is 42.5 Å². The monoisotopic (exact) mass is 368 g/mol. The van der Waals surface area contributed by atoms with E-state index in [1.54, 1.807) is 22.2 Å². The average molecular weight is 368 g/mol. The van der Waals surface area contributed by atoms with Crippen molar-refractivity contribution < 1.29 is 9.59 Å². The molecule has 26 heavy (non-hydrogen) atoms. The molecule has 2 N–H and O–H groups in total. The van der Waals surface area contributed by atoms with Gasteiger partial charge in [-0.1, -0.05) is 24.3 Å². The number of anilines is 1. The van der Waals surface area contributed by atoms with E-state index < -0.39 is 11.8 Å². The highest BCUT2D eigenvalue weighted by molar-refractivity contribution is 7.10. The Kier molecular flexibility index (Phi) is 5.48. The molecule has 0 spiro atoms. The zero-order valence-electron chi connectivity index (χ0n) is 14.6. The first-order valence-electron chi connectivity index (χ1n) is 8.24. The highest BCUT2D eigenvalue weighted by Gasteiger charge is 2.20. The average Bonchev–Trinajstić information content (AvgIpc) is 3.32. The lowest BCUT2D eigenvalue weighted by molar-refractivity contribution is -0.136. The number of hydrogen-bond acceptors (Lipinski definition) is 4. The number of nitrogens with one attached hydrogen (secondary N) is 2. The molecular weight excluding hydrogens is 348 g/mol. The fraction of sp³-hybridized carbons (Fsp3) is 0.211. The van der Waals surface area contributed by atoms with Crippen LogP contribution in [0.1, 0.15) is 22.0 Å². The fourth-order valence-electron chi connectivity index (χ4n) is 2.72. The third kappa shape index (κ3) is 4.00. The maximum absolute atomic E-state index is 12.3. The lowest BCUT2D eigenvalue weighted by atomic mass is 10.1. The summed E-state index contributed by atoms with van der Waals surface area (Å²) in [6.07, 6.45) is 3.53. The second-order valence-electron chi connectivity index (χ2n) is 5.95. The van der Waals surface area contributed by atoms with Crippen molar-refractivity contribution in [2.24, 2.45) is 0 Å². The maximum atomic E-state index is 12.3. The van der Waals surface area contributed by atoms with E-state index in [4.69, 9.17) is 0 Å². The van der Waals surface area contributed by atoms with Crippen LogP contribution in [0.5, 0.6) is 0 Å². The van der Waals surface area contributed by atoms with Crippen molar-refractivity contribution in [2.45, 2.75) is 19.9 Å². The Morgan fingerprint density at radius 3 is 2.50 bits per heavy atom. The van der Waals surface area contributed by atoms with Gasteiger partial charge < -0.3 is 10.6 Å². The summed E-state index contributed by atoms with van der Waals surface area (Å²) in [4.78, 5) is 25.6. The Hall–Kier alpha value is -2.93. The van der Waals surface area contributed by atoms with Crippen LogP contribution in [0, 0.1) is 13.8 Å². The van der Waals surface area contributed by atoms with Gasteiger partial charge in [0, 0.05) is 29.5 Å². The molecule has 3 aromatic rings. The number of aryl methyl sites for hydroxylation is 2. The highest BCUT2D eigenvalue weighted by Crippen LogP contribution is 2.22. The van der Waals surface area contributed by atoms with Crippen molar-refractivity contribution in [1.29, 1.82) is 0 Å². The Morgan fingerprint density at radius 1 is 1.12 bits per heavy atom. The molecule has 0 radical (unpaired) electrons. The number of rotatable bonds is 5. The number of benzene rings is 1. The number of thiophene rings is 1. The molecule has 0 aliphatic carbocycles. The van der Waals surface area contributed by atoms with Gasteiger partial charge in [0.05, 0.1) is 0 Å². The molecule has 1 unspecified atom stereocenters.